The van der Waals surface area contributed by atoms with E-state index in [2.05, 4.69) is 28.8 Å². The highest BCUT2D eigenvalue weighted by molar-refractivity contribution is 6.34. The van der Waals surface area contributed by atoms with Crippen molar-refractivity contribution in [2.45, 2.75) is 20.3 Å². The van der Waals surface area contributed by atoms with E-state index in [4.69, 9.17) is 15.7 Å². The second kappa shape index (κ2) is 10.3. The average molecular weight is 320 g/mol. The molecule has 0 aromatic heterocycles. The minimum absolute atomic E-state index is 0.206. The third-order valence-corrected chi connectivity index (χ3v) is 3.27. The van der Waals surface area contributed by atoms with Crippen LogP contribution in [0.4, 0.5) is 5.69 Å². The number of benzene rings is 1. The van der Waals surface area contributed by atoms with Crippen LogP contribution >= 0.6 is 0 Å². The van der Waals surface area contributed by atoms with E-state index in [0.717, 1.165) is 25.4 Å². The van der Waals surface area contributed by atoms with Crippen LogP contribution in [0.3, 0.4) is 0 Å². The first kappa shape index (κ1) is 18.6. The van der Waals surface area contributed by atoms with Gasteiger partial charge in [-0.15, -0.1) is 0 Å². The zero-order valence-electron chi connectivity index (χ0n) is 13.6. The summed E-state index contributed by atoms with van der Waals surface area (Å²) in [6, 6.07) is 7.23. The highest BCUT2D eigenvalue weighted by Gasteiger charge is 2.03. The fourth-order valence-electron chi connectivity index (χ4n) is 1.89. The third-order valence-electron chi connectivity index (χ3n) is 3.27. The lowest BCUT2D eigenvalue weighted by Gasteiger charge is -2.17. The summed E-state index contributed by atoms with van der Waals surface area (Å²) in [5.74, 6) is 4.89. The predicted octanol–water partition coefficient (Wildman–Crippen LogP) is 1.90. The van der Waals surface area contributed by atoms with Crippen molar-refractivity contribution in [3.63, 3.8) is 0 Å². The molecule has 3 N–H and O–H groups in total. The molecule has 0 aliphatic heterocycles. The first-order valence-electron chi connectivity index (χ1n) is 7.56. The van der Waals surface area contributed by atoms with Gasteiger partial charge in [-0.25, -0.2) is 0 Å². The molecule has 0 radical (unpaired) electrons. The number of nitrogens with two attached hydrogens (primary N) is 1. The summed E-state index contributed by atoms with van der Waals surface area (Å²) in [6.45, 7) is 7.79. The van der Waals surface area contributed by atoms with Gasteiger partial charge in [-0.05, 0) is 37.4 Å². The lowest BCUT2D eigenvalue weighted by atomic mass is 10.3. The minimum atomic E-state index is -1.00. The topological polar surface area (TPSA) is 101 Å². The fraction of sp³-hybridized carbons (Fsp3) is 0.438. The molecule has 1 rings (SSSR count). The molecule has 0 saturated heterocycles. The van der Waals surface area contributed by atoms with Crippen LogP contribution in [-0.2, 0) is 4.79 Å². The van der Waals surface area contributed by atoms with Crippen LogP contribution in [0.5, 0.6) is 5.75 Å². The standard InChI is InChI=1S/C16H24N4O3/c1-3-20(4-2)9-10-23-15-7-5-13(6-8-15)18-12-14(19-17)11-16(21)22/h5-8,12H,3-4,9-11,17H2,1-2H3,(H,21,22). The van der Waals surface area contributed by atoms with Crippen LogP contribution in [0.2, 0.25) is 0 Å². The van der Waals surface area contributed by atoms with Crippen LogP contribution in [0.25, 0.3) is 0 Å². The van der Waals surface area contributed by atoms with E-state index in [1.165, 1.54) is 6.21 Å². The largest absolute Gasteiger partial charge is 0.492 e. The Balaban J connectivity index is 2.51. The Labute approximate surface area is 136 Å². The molecule has 0 amide bonds. The number of carboxylic acids is 1. The number of rotatable bonds is 10. The van der Waals surface area contributed by atoms with Gasteiger partial charge in [0.2, 0.25) is 0 Å². The molecule has 23 heavy (non-hydrogen) atoms. The Morgan fingerprint density at radius 3 is 2.48 bits per heavy atom. The summed E-state index contributed by atoms with van der Waals surface area (Å²) in [5, 5.41) is 12.1. The summed E-state index contributed by atoms with van der Waals surface area (Å²) in [6.07, 6.45) is 1.09. The lowest BCUT2D eigenvalue weighted by Crippen LogP contribution is -2.27. The number of likely N-dealkylation sites (N-methyl/N-ethyl adjacent to an activating group) is 1. The van der Waals surface area contributed by atoms with Crippen LogP contribution in [0.1, 0.15) is 20.3 Å². The Kier molecular flexibility index (Phi) is 8.38. The monoisotopic (exact) mass is 320 g/mol. The zero-order chi connectivity index (χ0) is 17.1. The Morgan fingerprint density at radius 2 is 1.96 bits per heavy atom. The number of aliphatic carboxylic acids is 1. The van der Waals surface area contributed by atoms with Gasteiger partial charge in [0.1, 0.15) is 12.4 Å². The van der Waals surface area contributed by atoms with E-state index in [1.807, 2.05) is 12.1 Å². The molecule has 126 valence electrons. The van der Waals surface area contributed by atoms with Crippen molar-refractivity contribution in [2.24, 2.45) is 15.9 Å². The number of ether oxygens (including phenoxy) is 1. The molecule has 0 fully saturated rings. The Hall–Kier alpha value is -2.41. The van der Waals surface area contributed by atoms with Gasteiger partial charge in [0, 0.05) is 6.54 Å². The van der Waals surface area contributed by atoms with Crippen molar-refractivity contribution in [3.8, 4) is 5.75 Å². The van der Waals surface area contributed by atoms with E-state index in [-0.39, 0.29) is 12.1 Å². The van der Waals surface area contributed by atoms with E-state index >= 15 is 0 Å². The second-order valence-electron chi connectivity index (χ2n) is 4.82. The molecule has 0 atom stereocenters. The smallest absolute Gasteiger partial charge is 0.309 e. The molecular weight excluding hydrogens is 296 g/mol. The van der Waals surface area contributed by atoms with Gasteiger partial charge in [-0.2, -0.15) is 5.10 Å². The van der Waals surface area contributed by atoms with E-state index in [0.29, 0.717) is 12.3 Å². The molecule has 0 bridgehead atoms. The van der Waals surface area contributed by atoms with E-state index < -0.39 is 5.97 Å². The number of hydrogen-bond donors (Lipinski definition) is 2. The maximum atomic E-state index is 10.6. The molecule has 1 aromatic rings. The summed E-state index contributed by atoms with van der Waals surface area (Å²) in [4.78, 5) is 17.0. The molecule has 0 saturated carbocycles. The van der Waals surface area contributed by atoms with Gasteiger partial charge in [0.15, 0.2) is 0 Å². The number of hydrogen-bond acceptors (Lipinski definition) is 6. The van der Waals surface area contributed by atoms with Gasteiger partial charge < -0.3 is 20.6 Å². The van der Waals surface area contributed by atoms with Crippen molar-refractivity contribution in [3.05, 3.63) is 24.3 Å². The molecule has 1 aromatic carbocycles. The first-order chi connectivity index (χ1) is 11.1. The normalized spacial score (nSPS) is 12.0. The second-order valence-corrected chi connectivity index (χ2v) is 4.82. The van der Waals surface area contributed by atoms with Gasteiger partial charge in [0.05, 0.1) is 24.0 Å². The summed E-state index contributed by atoms with van der Waals surface area (Å²) in [5.41, 5.74) is 0.879. The summed E-state index contributed by atoms with van der Waals surface area (Å²) in [7, 11) is 0. The van der Waals surface area contributed by atoms with Crippen LogP contribution < -0.4 is 10.6 Å². The van der Waals surface area contributed by atoms with Crippen LogP contribution in [0, 0.1) is 0 Å². The molecule has 0 spiro atoms. The van der Waals surface area contributed by atoms with E-state index in [1.54, 1.807) is 12.1 Å². The molecule has 0 heterocycles. The zero-order valence-corrected chi connectivity index (χ0v) is 13.6. The maximum absolute atomic E-state index is 10.6. The van der Waals surface area contributed by atoms with Crippen molar-refractivity contribution >= 4 is 23.6 Å². The number of carbonyl (C=O) groups is 1. The number of hydrazone groups is 1. The average Bonchev–Trinajstić information content (AvgIpc) is 2.56. The fourth-order valence-corrected chi connectivity index (χ4v) is 1.89. The first-order valence-corrected chi connectivity index (χ1v) is 7.56. The Morgan fingerprint density at radius 1 is 1.30 bits per heavy atom. The van der Waals surface area contributed by atoms with Crippen LogP contribution in [-0.4, -0.2) is 54.1 Å². The molecule has 0 aliphatic carbocycles. The van der Waals surface area contributed by atoms with Gasteiger partial charge in [-0.1, -0.05) is 13.8 Å². The van der Waals surface area contributed by atoms with Crippen molar-refractivity contribution in [2.75, 3.05) is 26.2 Å². The number of aliphatic imine (C=N–C) groups is 1. The van der Waals surface area contributed by atoms with E-state index in [9.17, 15) is 4.79 Å². The van der Waals surface area contributed by atoms with Crippen molar-refractivity contribution in [1.82, 2.24) is 4.90 Å². The van der Waals surface area contributed by atoms with Gasteiger partial charge in [0.25, 0.3) is 0 Å². The molecule has 0 unspecified atom stereocenters. The molecule has 7 nitrogen and oxygen atoms in total. The van der Waals surface area contributed by atoms with Gasteiger partial charge in [-0.3, -0.25) is 9.79 Å². The predicted molar refractivity (Wildman–Crippen MR) is 91.8 cm³/mol. The lowest BCUT2D eigenvalue weighted by molar-refractivity contribution is -0.135. The quantitative estimate of drug-likeness (QED) is 0.389. The highest BCUT2D eigenvalue weighted by atomic mass is 16.5. The summed E-state index contributed by atoms with van der Waals surface area (Å²) < 4.78 is 5.68. The highest BCUT2D eigenvalue weighted by Crippen LogP contribution is 2.17. The van der Waals surface area contributed by atoms with Crippen molar-refractivity contribution < 1.29 is 14.6 Å². The summed E-state index contributed by atoms with van der Waals surface area (Å²) >= 11 is 0. The number of nitrogens with zero attached hydrogens (tertiary/aromatic N) is 3. The molecular formula is C16H24N4O3. The van der Waals surface area contributed by atoms with Gasteiger partial charge >= 0.3 is 5.97 Å². The Bertz CT molecular complexity index is 537. The molecule has 0 aliphatic rings. The molecule has 7 heteroatoms. The maximum Gasteiger partial charge on any atom is 0.309 e. The third kappa shape index (κ3) is 7.42. The van der Waals surface area contributed by atoms with Crippen LogP contribution in [0.15, 0.2) is 34.4 Å². The number of carboxylic acid groups (broad SMARTS) is 1. The SMILES string of the molecule is CCN(CC)CCOc1ccc(N=CC(CC(=O)O)=NN)cc1. The van der Waals surface area contributed by atoms with Crippen molar-refractivity contribution in [1.29, 1.82) is 0 Å². The minimum Gasteiger partial charge on any atom is -0.492 e.